The molecule has 4 nitrogen and oxygen atoms in total. The van der Waals surface area contributed by atoms with Crippen LogP contribution in [0, 0.1) is 0 Å². The summed E-state index contributed by atoms with van der Waals surface area (Å²) in [5.74, 6) is 0.908. The van der Waals surface area contributed by atoms with Crippen LogP contribution in [-0.2, 0) is 0 Å². The van der Waals surface area contributed by atoms with Gasteiger partial charge in [0.25, 0.3) is 0 Å². The van der Waals surface area contributed by atoms with Gasteiger partial charge in [0, 0.05) is 38.4 Å². The highest BCUT2D eigenvalue weighted by molar-refractivity contribution is 5.49. The lowest BCUT2D eigenvalue weighted by Crippen LogP contribution is -2.35. The topological polar surface area (TPSA) is 35.9 Å². The van der Waals surface area contributed by atoms with Crippen molar-refractivity contribution in [1.82, 2.24) is 4.90 Å². The maximum atomic E-state index is 9.26. The Morgan fingerprint density at radius 1 is 1.42 bits per heavy atom. The Morgan fingerprint density at radius 3 is 3.00 bits per heavy atom. The summed E-state index contributed by atoms with van der Waals surface area (Å²) >= 11 is 0. The highest BCUT2D eigenvalue weighted by Gasteiger charge is 2.22. The molecule has 0 saturated carbocycles. The zero-order valence-electron chi connectivity index (χ0n) is 11.9. The summed E-state index contributed by atoms with van der Waals surface area (Å²) < 4.78 is 5.80. The van der Waals surface area contributed by atoms with Crippen molar-refractivity contribution in [3.8, 4) is 5.75 Å². The van der Waals surface area contributed by atoms with Crippen LogP contribution in [0.2, 0.25) is 0 Å². The lowest BCUT2D eigenvalue weighted by molar-refractivity contribution is 0.139. The summed E-state index contributed by atoms with van der Waals surface area (Å²) in [6.45, 7) is 2.90. The van der Waals surface area contributed by atoms with E-state index in [-0.39, 0.29) is 6.61 Å². The Balaban J connectivity index is 1.80. The Morgan fingerprint density at radius 2 is 2.26 bits per heavy atom. The molecule has 4 heteroatoms. The molecule has 0 amide bonds. The molecule has 106 valence electrons. The van der Waals surface area contributed by atoms with E-state index in [4.69, 9.17) is 4.74 Å². The van der Waals surface area contributed by atoms with Crippen LogP contribution < -0.4 is 9.64 Å². The average Bonchev–Trinajstić information content (AvgIpc) is 2.86. The quantitative estimate of drug-likeness (QED) is 0.846. The number of anilines is 1. The summed E-state index contributed by atoms with van der Waals surface area (Å²) in [5, 5.41) is 9.26. The van der Waals surface area contributed by atoms with Crippen LogP contribution >= 0.6 is 0 Å². The Kier molecular flexibility index (Phi) is 5.05. The van der Waals surface area contributed by atoms with Gasteiger partial charge in [-0.15, -0.1) is 0 Å². The first-order chi connectivity index (χ1) is 9.20. The van der Waals surface area contributed by atoms with Gasteiger partial charge in [-0.25, -0.2) is 0 Å². The van der Waals surface area contributed by atoms with E-state index in [1.165, 1.54) is 6.42 Å². The van der Waals surface area contributed by atoms with E-state index < -0.39 is 0 Å². The third-order valence-corrected chi connectivity index (χ3v) is 3.69. The Labute approximate surface area is 115 Å². The molecule has 0 bridgehead atoms. The van der Waals surface area contributed by atoms with Crippen LogP contribution in [0.3, 0.4) is 0 Å². The van der Waals surface area contributed by atoms with Crippen molar-refractivity contribution in [2.45, 2.75) is 18.9 Å². The summed E-state index contributed by atoms with van der Waals surface area (Å²) in [6, 6.07) is 8.44. The van der Waals surface area contributed by atoms with Gasteiger partial charge in [-0.05, 0) is 31.5 Å². The fraction of sp³-hybridized carbons (Fsp3) is 0.600. The van der Waals surface area contributed by atoms with Gasteiger partial charge >= 0.3 is 0 Å². The standard InChI is InChI=1S/C15H24N2O2/c1-16(2)13-5-3-7-15(11-13)19-10-9-17-8-4-6-14(17)12-18/h3,5,7,11,14,18H,4,6,8-10,12H2,1-2H3. The SMILES string of the molecule is CN(C)c1cccc(OCCN2CCCC2CO)c1. The maximum Gasteiger partial charge on any atom is 0.121 e. The molecule has 1 aromatic carbocycles. The lowest BCUT2D eigenvalue weighted by atomic mass is 10.2. The fourth-order valence-corrected chi connectivity index (χ4v) is 2.53. The number of aliphatic hydroxyl groups is 1. The lowest BCUT2D eigenvalue weighted by Gasteiger charge is -2.22. The molecule has 1 heterocycles. The molecular weight excluding hydrogens is 240 g/mol. The molecule has 0 radical (unpaired) electrons. The monoisotopic (exact) mass is 264 g/mol. The summed E-state index contributed by atoms with van der Waals surface area (Å²) in [5.41, 5.74) is 1.15. The van der Waals surface area contributed by atoms with Crippen molar-refractivity contribution in [1.29, 1.82) is 0 Å². The van der Waals surface area contributed by atoms with E-state index >= 15 is 0 Å². The second-order valence-corrected chi connectivity index (χ2v) is 5.25. The minimum atomic E-state index is 0.260. The van der Waals surface area contributed by atoms with Crippen molar-refractivity contribution in [2.75, 3.05) is 45.3 Å². The summed E-state index contributed by atoms with van der Waals surface area (Å²) in [4.78, 5) is 4.38. The maximum absolute atomic E-state index is 9.26. The van der Waals surface area contributed by atoms with Crippen LogP contribution in [0.15, 0.2) is 24.3 Å². The van der Waals surface area contributed by atoms with Crippen molar-refractivity contribution < 1.29 is 9.84 Å². The highest BCUT2D eigenvalue weighted by Crippen LogP contribution is 2.20. The molecule has 2 rings (SSSR count). The van der Waals surface area contributed by atoms with Gasteiger partial charge in [-0.1, -0.05) is 6.07 Å². The molecule has 0 spiro atoms. The van der Waals surface area contributed by atoms with Crippen LogP contribution in [0.25, 0.3) is 0 Å². The van der Waals surface area contributed by atoms with Crippen molar-refractivity contribution in [3.63, 3.8) is 0 Å². The minimum absolute atomic E-state index is 0.260. The zero-order valence-corrected chi connectivity index (χ0v) is 11.9. The normalized spacial score (nSPS) is 19.6. The predicted molar refractivity (Wildman–Crippen MR) is 77.9 cm³/mol. The number of ether oxygens (including phenoxy) is 1. The number of nitrogens with zero attached hydrogens (tertiary/aromatic N) is 2. The number of benzene rings is 1. The van der Waals surface area contributed by atoms with Crippen LogP contribution in [0.1, 0.15) is 12.8 Å². The molecule has 1 aliphatic heterocycles. The molecule has 1 saturated heterocycles. The number of likely N-dealkylation sites (tertiary alicyclic amines) is 1. The molecule has 1 unspecified atom stereocenters. The Bertz CT molecular complexity index is 395. The number of rotatable bonds is 6. The van der Waals surface area contributed by atoms with Gasteiger partial charge in [0.15, 0.2) is 0 Å². The first-order valence-corrected chi connectivity index (χ1v) is 6.96. The fourth-order valence-electron chi connectivity index (χ4n) is 2.53. The summed E-state index contributed by atoms with van der Waals surface area (Å²) in [6.07, 6.45) is 2.29. The first-order valence-electron chi connectivity index (χ1n) is 6.96. The smallest absolute Gasteiger partial charge is 0.121 e. The predicted octanol–water partition coefficient (Wildman–Crippen LogP) is 1.59. The van der Waals surface area contributed by atoms with E-state index in [2.05, 4.69) is 15.9 Å². The molecule has 1 N–H and O–H groups in total. The van der Waals surface area contributed by atoms with Crippen LogP contribution in [-0.4, -0.2) is 56.4 Å². The van der Waals surface area contributed by atoms with Crippen molar-refractivity contribution in [2.24, 2.45) is 0 Å². The zero-order chi connectivity index (χ0) is 13.7. The van der Waals surface area contributed by atoms with Gasteiger partial charge in [0.2, 0.25) is 0 Å². The molecule has 1 aromatic rings. The average molecular weight is 264 g/mol. The molecule has 0 aromatic heterocycles. The molecule has 1 atom stereocenters. The number of hydrogen-bond donors (Lipinski definition) is 1. The number of aliphatic hydroxyl groups excluding tert-OH is 1. The van der Waals surface area contributed by atoms with Gasteiger partial charge in [0.05, 0.1) is 6.61 Å². The third-order valence-electron chi connectivity index (χ3n) is 3.69. The molecule has 1 fully saturated rings. The van der Waals surface area contributed by atoms with Crippen LogP contribution in [0.5, 0.6) is 5.75 Å². The third kappa shape index (κ3) is 3.85. The molecule has 19 heavy (non-hydrogen) atoms. The van der Waals surface area contributed by atoms with E-state index in [0.717, 1.165) is 30.9 Å². The molecule has 1 aliphatic rings. The van der Waals surface area contributed by atoms with E-state index in [1.54, 1.807) is 0 Å². The van der Waals surface area contributed by atoms with Gasteiger partial charge in [-0.2, -0.15) is 0 Å². The van der Waals surface area contributed by atoms with Crippen molar-refractivity contribution >= 4 is 5.69 Å². The Hall–Kier alpha value is -1.26. The van der Waals surface area contributed by atoms with E-state index in [1.807, 2.05) is 32.3 Å². The summed E-state index contributed by atoms with van der Waals surface area (Å²) in [7, 11) is 4.05. The molecular formula is C15H24N2O2. The second-order valence-electron chi connectivity index (χ2n) is 5.25. The van der Waals surface area contributed by atoms with E-state index in [9.17, 15) is 5.11 Å². The van der Waals surface area contributed by atoms with Gasteiger partial charge in [0.1, 0.15) is 12.4 Å². The second kappa shape index (κ2) is 6.78. The van der Waals surface area contributed by atoms with Gasteiger partial charge in [-0.3, -0.25) is 4.90 Å². The highest BCUT2D eigenvalue weighted by atomic mass is 16.5. The van der Waals surface area contributed by atoms with E-state index in [0.29, 0.717) is 12.6 Å². The first kappa shape index (κ1) is 14.2. The molecule has 0 aliphatic carbocycles. The number of hydrogen-bond acceptors (Lipinski definition) is 4. The van der Waals surface area contributed by atoms with Crippen molar-refractivity contribution in [3.05, 3.63) is 24.3 Å². The minimum Gasteiger partial charge on any atom is -0.492 e. The van der Waals surface area contributed by atoms with Crippen LogP contribution in [0.4, 0.5) is 5.69 Å². The largest absolute Gasteiger partial charge is 0.492 e. The van der Waals surface area contributed by atoms with Gasteiger partial charge < -0.3 is 14.7 Å².